The summed E-state index contributed by atoms with van der Waals surface area (Å²) in [5.74, 6) is 0.604. The number of benzene rings is 2. The van der Waals surface area contributed by atoms with E-state index in [1.165, 1.54) is 0 Å². The number of rotatable bonds is 9. The summed E-state index contributed by atoms with van der Waals surface area (Å²) in [6.45, 7) is 18.4. The van der Waals surface area contributed by atoms with Gasteiger partial charge in [-0.2, -0.15) is 5.26 Å². The average molecular weight is 384 g/mol. The van der Waals surface area contributed by atoms with Crippen LogP contribution >= 0.6 is 0 Å². The van der Waals surface area contributed by atoms with E-state index in [1.807, 2.05) is 31.2 Å². The van der Waals surface area contributed by atoms with Crippen LogP contribution in [0.25, 0.3) is 5.57 Å². The van der Waals surface area contributed by atoms with Gasteiger partial charge in [-0.05, 0) is 67.0 Å². The second-order valence-corrected chi connectivity index (χ2v) is 7.25. The summed E-state index contributed by atoms with van der Waals surface area (Å²) >= 11 is 0. The van der Waals surface area contributed by atoms with E-state index in [0.717, 1.165) is 45.4 Å². The number of hydrogen-bond donors (Lipinski definition) is 0. The Labute approximate surface area is 175 Å². The second kappa shape index (κ2) is 10.3. The Morgan fingerprint density at radius 2 is 1.45 bits per heavy atom. The fourth-order valence-corrected chi connectivity index (χ4v) is 3.16. The lowest BCUT2D eigenvalue weighted by molar-refractivity contribution is 0.218. The van der Waals surface area contributed by atoms with Crippen molar-refractivity contribution in [1.82, 2.24) is 0 Å². The van der Waals surface area contributed by atoms with Crippen molar-refractivity contribution in [2.45, 2.75) is 33.6 Å². The fourth-order valence-electron chi connectivity index (χ4n) is 3.16. The van der Waals surface area contributed by atoms with Crippen molar-refractivity contribution in [2.24, 2.45) is 0 Å². The molecule has 0 heterocycles. The molecule has 0 fully saturated rings. The van der Waals surface area contributed by atoms with E-state index in [0.29, 0.717) is 24.4 Å². The first-order valence-corrected chi connectivity index (χ1v) is 9.79. The fraction of sp³-hybridized carbons (Fsp3) is 0.222. The molecule has 0 aliphatic rings. The highest BCUT2D eigenvalue weighted by Crippen LogP contribution is 2.34. The van der Waals surface area contributed by atoms with Gasteiger partial charge in [0.2, 0.25) is 0 Å². The molecule has 0 saturated carbocycles. The highest BCUT2D eigenvalue weighted by atomic mass is 16.5. The van der Waals surface area contributed by atoms with E-state index in [4.69, 9.17) is 4.74 Å². The molecule has 148 valence electrons. The number of hydrogen-bond acceptors (Lipinski definition) is 2. The van der Waals surface area contributed by atoms with E-state index in [-0.39, 0.29) is 0 Å². The Bertz CT molecular complexity index is 954. The van der Waals surface area contributed by atoms with Gasteiger partial charge in [-0.15, -0.1) is 0 Å². The topological polar surface area (TPSA) is 33.0 Å². The van der Waals surface area contributed by atoms with Gasteiger partial charge in [0.15, 0.2) is 0 Å². The molecule has 0 N–H and O–H groups in total. The maximum Gasteiger partial charge on any atom is 0.114 e. The van der Waals surface area contributed by atoms with Crippen molar-refractivity contribution in [3.05, 3.63) is 113 Å². The van der Waals surface area contributed by atoms with Crippen LogP contribution in [-0.2, 0) is 4.74 Å². The molecule has 2 rings (SSSR count). The van der Waals surface area contributed by atoms with Gasteiger partial charge in [-0.25, -0.2) is 0 Å². The number of allylic oxidation sites excluding steroid dienone is 3. The molecule has 0 bridgehead atoms. The molecule has 29 heavy (non-hydrogen) atoms. The van der Waals surface area contributed by atoms with Crippen LogP contribution in [0.2, 0.25) is 0 Å². The molecule has 0 unspecified atom stereocenters. The third-order valence-corrected chi connectivity index (χ3v) is 4.92. The van der Waals surface area contributed by atoms with Crippen molar-refractivity contribution >= 4 is 5.57 Å². The molecule has 0 aliphatic heterocycles. The number of aryl methyl sites for hydroxylation is 2. The zero-order chi connectivity index (χ0) is 21.4. The molecule has 0 saturated heterocycles. The van der Waals surface area contributed by atoms with Gasteiger partial charge >= 0.3 is 0 Å². The summed E-state index contributed by atoms with van der Waals surface area (Å²) in [5, 5.41) is 10.1. The van der Waals surface area contributed by atoms with Crippen LogP contribution < -0.4 is 0 Å². The Morgan fingerprint density at radius 3 is 1.90 bits per heavy atom. The van der Waals surface area contributed by atoms with Crippen LogP contribution in [0, 0.1) is 25.2 Å². The van der Waals surface area contributed by atoms with Crippen LogP contribution in [0.5, 0.6) is 0 Å². The van der Waals surface area contributed by atoms with Crippen molar-refractivity contribution in [1.29, 1.82) is 5.26 Å². The van der Waals surface area contributed by atoms with Crippen LogP contribution in [0.15, 0.2) is 90.7 Å². The Morgan fingerprint density at radius 1 is 0.931 bits per heavy atom. The molecule has 0 aromatic heterocycles. The summed E-state index contributed by atoms with van der Waals surface area (Å²) < 4.78 is 5.60. The van der Waals surface area contributed by atoms with E-state index in [9.17, 15) is 5.26 Å². The van der Waals surface area contributed by atoms with Crippen molar-refractivity contribution in [2.75, 3.05) is 6.61 Å². The van der Waals surface area contributed by atoms with E-state index in [1.54, 1.807) is 0 Å². The Hall–Kier alpha value is -3.31. The summed E-state index contributed by atoms with van der Waals surface area (Å²) in [4.78, 5) is 0. The molecular formula is C27H29NO. The van der Waals surface area contributed by atoms with Gasteiger partial charge in [0, 0.05) is 5.57 Å². The first-order valence-electron chi connectivity index (χ1n) is 9.79. The SMILES string of the molecule is C=C(C)C(=C)OCCCC(=C)C(C#N)=C(c1ccccc1C)c1ccccc1C. The lowest BCUT2D eigenvalue weighted by Gasteiger charge is -2.17. The summed E-state index contributed by atoms with van der Waals surface area (Å²) in [5.41, 5.74) is 7.60. The summed E-state index contributed by atoms with van der Waals surface area (Å²) in [7, 11) is 0. The van der Waals surface area contributed by atoms with Gasteiger partial charge < -0.3 is 4.74 Å². The van der Waals surface area contributed by atoms with Crippen LogP contribution in [0.4, 0.5) is 0 Å². The van der Waals surface area contributed by atoms with Crippen molar-refractivity contribution in [3.8, 4) is 6.07 Å². The van der Waals surface area contributed by atoms with Gasteiger partial charge in [0.1, 0.15) is 11.8 Å². The lowest BCUT2D eigenvalue weighted by Crippen LogP contribution is -2.01. The number of nitrogens with zero attached hydrogens (tertiary/aromatic N) is 1. The highest BCUT2D eigenvalue weighted by Gasteiger charge is 2.17. The molecular weight excluding hydrogens is 354 g/mol. The predicted molar refractivity (Wildman–Crippen MR) is 122 cm³/mol. The van der Waals surface area contributed by atoms with Crippen LogP contribution in [0.1, 0.15) is 42.0 Å². The normalized spacial score (nSPS) is 10.0. The first-order chi connectivity index (χ1) is 13.9. The van der Waals surface area contributed by atoms with Crippen LogP contribution in [-0.4, -0.2) is 6.61 Å². The molecule has 2 heteroatoms. The average Bonchev–Trinajstić information content (AvgIpc) is 2.70. The minimum Gasteiger partial charge on any atom is -0.494 e. The van der Waals surface area contributed by atoms with E-state index in [2.05, 4.69) is 63.9 Å². The zero-order valence-electron chi connectivity index (χ0n) is 17.7. The van der Waals surface area contributed by atoms with Crippen molar-refractivity contribution in [3.63, 3.8) is 0 Å². The minimum absolute atomic E-state index is 0.521. The highest BCUT2D eigenvalue weighted by molar-refractivity contribution is 5.89. The molecule has 2 aromatic carbocycles. The molecule has 2 nitrogen and oxygen atoms in total. The molecule has 0 spiro atoms. The maximum atomic E-state index is 10.1. The molecule has 0 amide bonds. The molecule has 0 aliphatic carbocycles. The van der Waals surface area contributed by atoms with Gasteiger partial charge in [0.05, 0.1) is 12.2 Å². The second-order valence-electron chi connectivity index (χ2n) is 7.25. The quantitative estimate of drug-likeness (QED) is 0.201. The molecule has 2 aromatic rings. The monoisotopic (exact) mass is 383 g/mol. The summed E-state index contributed by atoms with van der Waals surface area (Å²) in [6, 6.07) is 18.8. The maximum absolute atomic E-state index is 10.1. The Kier molecular flexibility index (Phi) is 7.80. The number of ether oxygens (including phenoxy) is 1. The van der Waals surface area contributed by atoms with Gasteiger partial charge in [0.25, 0.3) is 0 Å². The largest absolute Gasteiger partial charge is 0.494 e. The standard InChI is InChI=1S/C27H29NO/c1-19(2)23(6)29-17-11-14-22(5)26(18-28)27(24-15-9-7-12-20(24)3)25-16-10-8-13-21(25)4/h7-10,12-13,15-16H,1,5-6,11,14,17H2,2-4H3. The third-order valence-electron chi connectivity index (χ3n) is 4.92. The third kappa shape index (κ3) is 5.59. The predicted octanol–water partition coefficient (Wildman–Crippen LogP) is 7.07. The molecule has 0 atom stereocenters. The van der Waals surface area contributed by atoms with E-state index < -0.39 is 0 Å². The minimum atomic E-state index is 0.521. The van der Waals surface area contributed by atoms with Crippen molar-refractivity contribution < 1.29 is 4.74 Å². The lowest BCUT2D eigenvalue weighted by atomic mass is 9.85. The van der Waals surface area contributed by atoms with Gasteiger partial charge in [-0.3, -0.25) is 0 Å². The Balaban J connectivity index is 2.40. The zero-order valence-corrected chi connectivity index (χ0v) is 17.7. The molecule has 0 radical (unpaired) electrons. The summed E-state index contributed by atoms with van der Waals surface area (Å²) in [6.07, 6.45) is 1.43. The number of nitriles is 1. The van der Waals surface area contributed by atoms with E-state index >= 15 is 0 Å². The smallest absolute Gasteiger partial charge is 0.114 e. The van der Waals surface area contributed by atoms with Crippen LogP contribution in [0.3, 0.4) is 0 Å². The van der Waals surface area contributed by atoms with Gasteiger partial charge in [-0.1, -0.05) is 68.3 Å². The first kappa shape index (κ1) is 22.0.